The smallest absolute Gasteiger partial charge is 0.212 e. The van der Waals surface area contributed by atoms with Crippen molar-refractivity contribution >= 4 is 22.4 Å². The number of hydrogen-bond donors (Lipinski definition) is 2. The van der Waals surface area contributed by atoms with E-state index in [1.54, 1.807) is 0 Å². The van der Waals surface area contributed by atoms with Gasteiger partial charge in [0.25, 0.3) is 0 Å². The molecule has 4 nitrogen and oxygen atoms in total. The van der Waals surface area contributed by atoms with E-state index in [9.17, 15) is 8.42 Å². The summed E-state index contributed by atoms with van der Waals surface area (Å²) in [6, 6.07) is 0.0893. The molecule has 2 rings (SSSR count). The molecular weight excluding hydrogens is 272 g/mol. The van der Waals surface area contributed by atoms with Crippen molar-refractivity contribution in [2.75, 3.05) is 12.3 Å². The first-order valence-electron chi connectivity index (χ1n) is 6.81. The zero-order chi connectivity index (χ0) is 12.3. The van der Waals surface area contributed by atoms with Gasteiger partial charge in [-0.25, -0.2) is 13.1 Å². The topological polar surface area (TPSA) is 72.2 Å². The van der Waals surface area contributed by atoms with Crippen LogP contribution in [0.5, 0.6) is 0 Å². The van der Waals surface area contributed by atoms with Crippen LogP contribution in [0.1, 0.15) is 44.9 Å². The third-order valence-electron chi connectivity index (χ3n) is 4.22. The Labute approximate surface area is 117 Å². The first kappa shape index (κ1) is 16.2. The lowest BCUT2D eigenvalue weighted by atomic mass is 10.1. The molecule has 0 aromatic rings. The van der Waals surface area contributed by atoms with Crippen molar-refractivity contribution in [1.29, 1.82) is 0 Å². The van der Waals surface area contributed by atoms with Gasteiger partial charge in [0.05, 0.1) is 5.75 Å². The molecule has 0 radical (unpaired) electrons. The quantitative estimate of drug-likeness (QED) is 0.810. The maximum Gasteiger partial charge on any atom is 0.212 e. The third-order valence-corrected chi connectivity index (χ3v) is 5.79. The predicted octanol–water partition coefficient (Wildman–Crippen LogP) is 1.65. The van der Waals surface area contributed by atoms with Crippen molar-refractivity contribution < 1.29 is 8.42 Å². The van der Waals surface area contributed by atoms with Gasteiger partial charge in [-0.05, 0) is 44.1 Å². The van der Waals surface area contributed by atoms with E-state index in [0.29, 0.717) is 24.1 Å². The van der Waals surface area contributed by atoms with Crippen LogP contribution in [0.3, 0.4) is 0 Å². The van der Waals surface area contributed by atoms with Gasteiger partial charge in [0.1, 0.15) is 0 Å². The zero-order valence-electron chi connectivity index (χ0n) is 10.8. The monoisotopic (exact) mass is 296 g/mol. The van der Waals surface area contributed by atoms with Gasteiger partial charge in [-0.3, -0.25) is 0 Å². The lowest BCUT2D eigenvalue weighted by molar-refractivity contribution is 0.449. The highest BCUT2D eigenvalue weighted by Crippen LogP contribution is 2.28. The minimum absolute atomic E-state index is 0. The van der Waals surface area contributed by atoms with Gasteiger partial charge in [0.15, 0.2) is 0 Å². The lowest BCUT2D eigenvalue weighted by Crippen LogP contribution is -2.41. The summed E-state index contributed by atoms with van der Waals surface area (Å²) in [7, 11) is -3.10. The van der Waals surface area contributed by atoms with E-state index in [1.807, 2.05) is 0 Å². The molecule has 0 aromatic heterocycles. The van der Waals surface area contributed by atoms with Crippen LogP contribution in [0, 0.1) is 11.8 Å². The summed E-state index contributed by atoms with van der Waals surface area (Å²) < 4.78 is 27.0. The van der Waals surface area contributed by atoms with Gasteiger partial charge >= 0.3 is 0 Å². The molecule has 2 saturated carbocycles. The minimum Gasteiger partial charge on any atom is -0.330 e. The Hall–Kier alpha value is 0.160. The van der Waals surface area contributed by atoms with Gasteiger partial charge in [-0.15, -0.1) is 12.4 Å². The van der Waals surface area contributed by atoms with Crippen LogP contribution in [-0.4, -0.2) is 26.8 Å². The van der Waals surface area contributed by atoms with E-state index in [-0.39, 0.29) is 18.4 Å². The van der Waals surface area contributed by atoms with Gasteiger partial charge in [-0.1, -0.05) is 19.3 Å². The molecule has 0 aromatic carbocycles. The Morgan fingerprint density at radius 1 is 1.06 bits per heavy atom. The van der Waals surface area contributed by atoms with E-state index < -0.39 is 10.0 Å². The molecule has 0 spiro atoms. The molecule has 108 valence electrons. The molecule has 0 amide bonds. The van der Waals surface area contributed by atoms with Crippen molar-refractivity contribution in [2.24, 2.45) is 17.6 Å². The van der Waals surface area contributed by atoms with E-state index in [4.69, 9.17) is 5.73 Å². The molecule has 18 heavy (non-hydrogen) atoms. The number of halogens is 1. The summed E-state index contributed by atoms with van der Waals surface area (Å²) in [5.74, 6) is 1.04. The van der Waals surface area contributed by atoms with Gasteiger partial charge in [-0.2, -0.15) is 0 Å². The van der Waals surface area contributed by atoms with Crippen LogP contribution in [0.2, 0.25) is 0 Å². The number of sulfonamides is 1. The van der Waals surface area contributed by atoms with Crippen LogP contribution in [0.25, 0.3) is 0 Å². The highest BCUT2D eigenvalue weighted by molar-refractivity contribution is 7.89. The van der Waals surface area contributed by atoms with Crippen LogP contribution >= 0.6 is 12.4 Å². The Morgan fingerprint density at radius 2 is 1.72 bits per heavy atom. The molecule has 0 aliphatic heterocycles. The fraction of sp³-hybridized carbons (Fsp3) is 1.00. The van der Waals surface area contributed by atoms with Crippen LogP contribution in [0.15, 0.2) is 0 Å². The Kier molecular flexibility index (Phi) is 6.38. The lowest BCUT2D eigenvalue weighted by Gasteiger charge is -2.20. The summed E-state index contributed by atoms with van der Waals surface area (Å²) in [4.78, 5) is 0. The summed E-state index contributed by atoms with van der Waals surface area (Å²) >= 11 is 0. The van der Waals surface area contributed by atoms with Crippen molar-refractivity contribution in [2.45, 2.75) is 51.0 Å². The highest BCUT2D eigenvalue weighted by Gasteiger charge is 2.31. The molecule has 3 N–H and O–H groups in total. The Bertz CT molecular complexity index is 342. The maximum absolute atomic E-state index is 12.1. The first-order chi connectivity index (χ1) is 8.11. The van der Waals surface area contributed by atoms with Crippen molar-refractivity contribution in [3.8, 4) is 0 Å². The second-order valence-electron chi connectivity index (χ2n) is 5.58. The summed E-state index contributed by atoms with van der Waals surface area (Å²) in [5.41, 5.74) is 5.67. The normalized spacial score (nSPS) is 29.4. The van der Waals surface area contributed by atoms with Gasteiger partial charge in [0.2, 0.25) is 10.0 Å². The second kappa shape index (κ2) is 7.08. The average molecular weight is 297 g/mol. The molecule has 2 atom stereocenters. The molecular formula is C12H25ClN2O2S. The molecule has 0 bridgehead atoms. The summed E-state index contributed by atoms with van der Waals surface area (Å²) in [5, 5.41) is 0. The van der Waals surface area contributed by atoms with Crippen molar-refractivity contribution in [3.63, 3.8) is 0 Å². The maximum atomic E-state index is 12.1. The molecule has 2 fully saturated rings. The van der Waals surface area contributed by atoms with Crippen molar-refractivity contribution in [3.05, 3.63) is 0 Å². The van der Waals surface area contributed by atoms with E-state index >= 15 is 0 Å². The fourth-order valence-electron chi connectivity index (χ4n) is 3.24. The van der Waals surface area contributed by atoms with Gasteiger partial charge in [0, 0.05) is 6.04 Å². The van der Waals surface area contributed by atoms with E-state index in [0.717, 1.165) is 32.1 Å². The summed E-state index contributed by atoms with van der Waals surface area (Å²) in [6.45, 7) is 0.594. The zero-order valence-corrected chi connectivity index (χ0v) is 12.4. The highest BCUT2D eigenvalue weighted by atomic mass is 35.5. The summed E-state index contributed by atoms with van der Waals surface area (Å²) in [6.07, 6.45) is 7.64. The predicted molar refractivity (Wildman–Crippen MR) is 76.3 cm³/mol. The fourth-order valence-corrected chi connectivity index (χ4v) is 5.06. The third kappa shape index (κ3) is 4.37. The molecule has 0 heterocycles. The molecule has 6 heteroatoms. The van der Waals surface area contributed by atoms with Crippen LogP contribution in [0.4, 0.5) is 0 Å². The molecule has 0 saturated heterocycles. The molecule has 2 aliphatic carbocycles. The average Bonchev–Trinajstić information content (AvgIpc) is 2.87. The van der Waals surface area contributed by atoms with Crippen LogP contribution in [-0.2, 0) is 10.0 Å². The molecule has 2 unspecified atom stereocenters. The number of nitrogens with one attached hydrogen (secondary N) is 1. The first-order valence-corrected chi connectivity index (χ1v) is 8.46. The number of hydrogen-bond acceptors (Lipinski definition) is 3. The minimum atomic E-state index is -3.10. The van der Waals surface area contributed by atoms with Gasteiger partial charge < -0.3 is 5.73 Å². The Balaban J connectivity index is 0.00000162. The van der Waals surface area contributed by atoms with Crippen LogP contribution < -0.4 is 10.5 Å². The SMILES string of the molecule is Cl.NCC1CCCC1NS(=O)(=O)CC1CCCC1. The van der Waals surface area contributed by atoms with E-state index in [2.05, 4.69) is 4.72 Å². The van der Waals surface area contributed by atoms with E-state index in [1.165, 1.54) is 12.8 Å². The van der Waals surface area contributed by atoms with Crippen molar-refractivity contribution in [1.82, 2.24) is 4.72 Å². The number of rotatable bonds is 5. The number of nitrogens with two attached hydrogens (primary N) is 1. The Morgan fingerprint density at radius 3 is 2.33 bits per heavy atom. The second-order valence-corrected chi connectivity index (χ2v) is 7.38. The molecule has 2 aliphatic rings. The largest absolute Gasteiger partial charge is 0.330 e. The standard InChI is InChI=1S/C12H24N2O2S.ClH/c13-8-11-6-3-7-12(11)14-17(15,16)9-10-4-1-2-5-10;/h10-12,14H,1-9,13H2;1H.